The van der Waals surface area contributed by atoms with Gasteiger partial charge in [-0.3, -0.25) is 9.88 Å². The van der Waals surface area contributed by atoms with Gasteiger partial charge in [-0.15, -0.1) is 0 Å². The molecule has 0 saturated carbocycles. The summed E-state index contributed by atoms with van der Waals surface area (Å²) in [6.07, 6.45) is 1.84. The highest BCUT2D eigenvalue weighted by atomic mass is 15.1. The number of benzene rings is 1. The third-order valence-electron chi connectivity index (χ3n) is 3.30. The first-order valence-corrected chi connectivity index (χ1v) is 7.22. The Labute approximate surface area is 126 Å². The van der Waals surface area contributed by atoms with Gasteiger partial charge in [-0.1, -0.05) is 43.0 Å². The highest BCUT2D eigenvalue weighted by molar-refractivity contribution is 5.41. The van der Waals surface area contributed by atoms with E-state index in [1.54, 1.807) is 0 Å². The van der Waals surface area contributed by atoms with Gasteiger partial charge in [0.15, 0.2) is 0 Å². The van der Waals surface area contributed by atoms with Crippen molar-refractivity contribution in [1.29, 1.82) is 0 Å². The lowest BCUT2D eigenvalue weighted by molar-refractivity contribution is 0.268. The van der Waals surface area contributed by atoms with Crippen LogP contribution in [0.1, 0.15) is 23.7 Å². The molecule has 0 saturated heterocycles. The summed E-state index contributed by atoms with van der Waals surface area (Å²) in [6, 6.07) is 14.3. The van der Waals surface area contributed by atoms with Gasteiger partial charge < -0.3 is 5.73 Å². The first kappa shape index (κ1) is 15.2. The van der Waals surface area contributed by atoms with Crippen LogP contribution >= 0.6 is 0 Å². The molecule has 0 spiro atoms. The van der Waals surface area contributed by atoms with E-state index in [4.69, 9.17) is 5.73 Å². The molecule has 0 aliphatic rings. The Bertz CT molecular complexity index is 611. The minimum Gasteiger partial charge on any atom is -0.320 e. The van der Waals surface area contributed by atoms with Gasteiger partial charge in [0, 0.05) is 24.8 Å². The third-order valence-corrected chi connectivity index (χ3v) is 3.30. The summed E-state index contributed by atoms with van der Waals surface area (Å²) >= 11 is 0. The maximum atomic E-state index is 5.46. The largest absolute Gasteiger partial charge is 0.320 e. The molecule has 0 fully saturated rings. The van der Waals surface area contributed by atoms with Crippen LogP contribution in [0.25, 0.3) is 0 Å². The van der Waals surface area contributed by atoms with Gasteiger partial charge in [-0.25, -0.2) is 0 Å². The van der Waals surface area contributed by atoms with Crippen molar-refractivity contribution in [3.05, 3.63) is 65.5 Å². The average Bonchev–Trinajstić information content (AvgIpc) is 2.54. The number of aromatic nitrogens is 1. The molecule has 2 rings (SSSR count). The number of pyridine rings is 1. The second-order valence-corrected chi connectivity index (χ2v) is 4.79. The van der Waals surface area contributed by atoms with Crippen molar-refractivity contribution >= 4 is 0 Å². The predicted molar refractivity (Wildman–Crippen MR) is 86.4 cm³/mol. The number of hydrogen-bond acceptors (Lipinski definition) is 3. The molecule has 3 heteroatoms. The summed E-state index contributed by atoms with van der Waals surface area (Å²) in [6.45, 7) is 5.23. The van der Waals surface area contributed by atoms with Crippen LogP contribution in [0.4, 0.5) is 0 Å². The van der Waals surface area contributed by atoms with Crippen molar-refractivity contribution in [2.75, 3.05) is 13.1 Å². The van der Waals surface area contributed by atoms with Crippen LogP contribution in [-0.2, 0) is 13.1 Å². The van der Waals surface area contributed by atoms with Crippen molar-refractivity contribution < 1.29 is 0 Å². The van der Waals surface area contributed by atoms with Crippen molar-refractivity contribution in [1.82, 2.24) is 9.88 Å². The number of hydrogen-bond donors (Lipinski definition) is 1. The van der Waals surface area contributed by atoms with Gasteiger partial charge in [-0.05, 0) is 30.3 Å². The van der Waals surface area contributed by atoms with Crippen LogP contribution in [0.15, 0.2) is 48.7 Å². The highest BCUT2D eigenvalue weighted by Gasteiger charge is 2.08. The van der Waals surface area contributed by atoms with Gasteiger partial charge >= 0.3 is 0 Å². The van der Waals surface area contributed by atoms with Crippen molar-refractivity contribution in [2.45, 2.75) is 20.0 Å². The minimum absolute atomic E-state index is 0.389. The number of rotatable bonds is 5. The molecular formula is C18H21N3. The van der Waals surface area contributed by atoms with Gasteiger partial charge in [-0.2, -0.15) is 0 Å². The summed E-state index contributed by atoms with van der Waals surface area (Å²) in [5.41, 5.74) is 8.84. The van der Waals surface area contributed by atoms with Crippen LogP contribution in [0.3, 0.4) is 0 Å². The highest BCUT2D eigenvalue weighted by Crippen LogP contribution is 2.12. The van der Waals surface area contributed by atoms with Crippen LogP contribution in [-0.4, -0.2) is 23.0 Å². The lowest BCUT2D eigenvalue weighted by Gasteiger charge is -2.20. The molecule has 108 valence electrons. The second kappa shape index (κ2) is 8.21. The Kier molecular flexibility index (Phi) is 5.96. The molecule has 0 atom stereocenters. The molecule has 0 aliphatic carbocycles. The maximum absolute atomic E-state index is 5.46. The van der Waals surface area contributed by atoms with E-state index in [1.165, 1.54) is 5.56 Å². The summed E-state index contributed by atoms with van der Waals surface area (Å²) in [4.78, 5) is 6.75. The predicted octanol–water partition coefficient (Wildman–Crippen LogP) is 2.41. The van der Waals surface area contributed by atoms with E-state index in [1.807, 2.05) is 30.5 Å². The van der Waals surface area contributed by atoms with Gasteiger partial charge in [0.25, 0.3) is 0 Å². The van der Waals surface area contributed by atoms with Gasteiger partial charge in [0.05, 0.1) is 12.2 Å². The summed E-state index contributed by atoms with van der Waals surface area (Å²) in [5, 5.41) is 0. The molecule has 0 bridgehead atoms. The molecule has 1 aromatic heterocycles. The molecule has 1 heterocycles. The standard InChI is InChI=1S/C18H21N3/c1-2-21(15-18-11-5-6-13-20-18)14-17-9-4-3-8-16(17)10-7-12-19/h3-6,8-9,11,13H,2,12,14-15,19H2,1H3. The fraction of sp³-hybridized carbons (Fsp3) is 0.278. The molecule has 0 aliphatic heterocycles. The topological polar surface area (TPSA) is 42.2 Å². The lowest BCUT2D eigenvalue weighted by atomic mass is 10.1. The maximum Gasteiger partial charge on any atom is 0.0555 e. The summed E-state index contributed by atoms with van der Waals surface area (Å²) in [7, 11) is 0. The van der Waals surface area contributed by atoms with Crippen LogP contribution in [0.5, 0.6) is 0 Å². The molecule has 3 nitrogen and oxygen atoms in total. The molecular weight excluding hydrogens is 258 g/mol. The molecule has 2 aromatic rings. The van der Waals surface area contributed by atoms with E-state index in [0.717, 1.165) is 30.9 Å². The fourth-order valence-electron chi connectivity index (χ4n) is 2.17. The van der Waals surface area contributed by atoms with Crippen molar-refractivity contribution in [3.63, 3.8) is 0 Å². The Hall–Kier alpha value is -2.15. The quantitative estimate of drug-likeness (QED) is 0.855. The number of nitrogens with zero attached hydrogens (tertiary/aromatic N) is 2. The Morgan fingerprint density at radius 3 is 2.62 bits per heavy atom. The molecule has 2 N–H and O–H groups in total. The van der Waals surface area contributed by atoms with Gasteiger partial charge in [0.2, 0.25) is 0 Å². The van der Waals surface area contributed by atoms with Crippen LogP contribution < -0.4 is 5.73 Å². The monoisotopic (exact) mass is 279 g/mol. The third kappa shape index (κ3) is 4.71. The SMILES string of the molecule is CCN(Cc1ccccn1)Cc1ccccc1C#CCN. The average molecular weight is 279 g/mol. The number of nitrogens with two attached hydrogens (primary N) is 1. The molecule has 0 unspecified atom stereocenters. The Morgan fingerprint density at radius 1 is 1.10 bits per heavy atom. The molecule has 0 amide bonds. The first-order chi connectivity index (χ1) is 10.3. The van der Waals surface area contributed by atoms with Crippen LogP contribution in [0, 0.1) is 11.8 Å². The zero-order valence-electron chi connectivity index (χ0n) is 12.4. The normalized spacial score (nSPS) is 10.2. The van der Waals surface area contributed by atoms with E-state index in [-0.39, 0.29) is 0 Å². The van der Waals surface area contributed by atoms with E-state index < -0.39 is 0 Å². The van der Waals surface area contributed by atoms with Crippen molar-refractivity contribution in [3.8, 4) is 11.8 Å². The first-order valence-electron chi connectivity index (χ1n) is 7.22. The smallest absolute Gasteiger partial charge is 0.0555 e. The van der Waals surface area contributed by atoms with E-state index in [0.29, 0.717) is 6.54 Å². The Morgan fingerprint density at radius 2 is 1.90 bits per heavy atom. The molecule has 1 aromatic carbocycles. The van der Waals surface area contributed by atoms with Crippen molar-refractivity contribution in [2.24, 2.45) is 5.73 Å². The fourth-order valence-corrected chi connectivity index (χ4v) is 2.17. The zero-order valence-corrected chi connectivity index (χ0v) is 12.4. The molecule has 21 heavy (non-hydrogen) atoms. The molecule has 0 radical (unpaired) electrons. The van der Waals surface area contributed by atoms with E-state index >= 15 is 0 Å². The second-order valence-electron chi connectivity index (χ2n) is 4.79. The minimum atomic E-state index is 0.389. The lowest BCUT2D eigenvalue weighted by Crippen LogP contribution is -2.23. The zero-order chi connectivity index (χ0) is 14.9. The van der Waals surface area contributed by atoms with E-state index in [2.05, 4.69) is 46.8 Å². The Balaban J connectivity index is 2.11. The summed E-state index contributed by atoms with van der Waals surface area (Å²) in [5.74, 6) is 6.08. The van der Waals surface area contributed by atoms with Gasteiger partial charge in [0.1, 0.15) is 0 Å². The summed E-state index contributed by atoms with van der Waals surface area (Å²) < 4.78 is 0. The van der Waals surface area contributed by atoms with Crippen LogP contribution in [0.2, 0.25) is 0 Å². The van der Waals surface area contributed by atoms with E-state index in [9.17, 15) is 0 Å².